The maximum Gasteiger partial charge on any atom is 0.124 e. The summed E-state index contributed by atoms with van der Waals surface area (Å²) in [5, 5.41) is 1.01. The molecular formula is C16H13BrN2S. The van der Waals surface area contributed by atoms with Crippen molar-refractivity contribution in [2.75, 3.05) is 0 Å². The molecular weight excluding hydrogens is 332 g/mol. The van der Waals surface area contributed by atoms with Crippen molar-refractivity contribution in [3.8, 4) is 21.8 Å². The molecule has 0 amide bonds. The topological polar surface area (TPSA) is 38.9 Å². The summed E-state index contributed by atoms with van der Waals surface area (Å²) in [5.74, 6) is 0. The average molecular weight is 345 g/mol. The second kappa shape index (κ2) is 5.87. The van der Waals surface area contributed by atoms with Crippen molar-refractivity contribution >= 4 is 27.3 Å². The van der Waals surface area contributed by atoms with Gasteiger partial charge in [0.2, 0.25) is 0 Å². The van der Waals surface area contributed by atoms with Gasteiger partial charge in [-0.25, -0.2) is 4.98 Å². The molecule has 4 heteroatoms. The highest BCUT2D eigenvalue weighted by molar-refractivity contribution is 9.10. The molecule has 0 saturated carbocycles. The molecule has 1 aromatic heterocycles. The van der Waals surface area contributed by atoms with Crippen LogP contribution in [0.15, 0.2) is 59.1 Å². The summed E-state index contributed by atoms with van der Waals surface area (Å²) in [6.07, 6.45) is 0. The Morgan fingerprint density at radius 3 is 2.30 bits per heavy atom. The van der Waals surface area contributed by atoms with Gasteiger partial charge in [-0.3, -0.25) is 0 Å². The van der Waals surface area contributed by atoms with Crippen molar-refractivity contribution in [3.63, 3.8) is 0 Å². The Bertz CT molecular complexity index is 705. The number of thiazole rings is 1. The predicted octanol–water partition coefficient (Wildman–Crippen LogP) is 4.70. The first kappa shape index (κ1) is 13.5. The summed E-state index contributed by atoms with van der Waals surface area (Å²) < 4.78 is 1.07. The lowest BCUT2D eigenvalue weighted by Gasteiger charge is -1.98. The number of nitrogens with two attached hydrogens (primary N) is 1. The van der Waals surface area contributed by atoms with Gasteiger partial charge in [0.25, 0.3) is 0 Å². The lowest BCUT2D eigenvalue weighted by molar-refractivity contribution is 1.10. The van der Waals surface area contributed by atoms with Gasteiger partial charge in [-0.05, 0) is 12.1 Å². The molecule has 0 aliphatic heterocycles. The highest BCUT2D eigenvalue weighted by atomic mass is 79.9. The van der Waals surface area contributed by atoms with Crippen LogP contribution in [0.2, 0.25) is 0 Å². The molecule has 20 heavy (non-hydrogen) atoms. The summed E-state index contributed by atoms with van der Waals surface area (Å²) in [4.78, 5) is 5.89. The van der Waals surface area contributed by atoms with Gasteiger partial charge in [0, 0.05) is 27.0 Å². The lowest BCUT2D eigenvalue weighted by atomic mass is 10.1. The fourth-order valence-corrected chi connectivity index (χ4v) is 3.26. The highest BCUT2D eigenvalue weighted by Gasteiger charge is 2.12. The van der Waals surface area contributed by atoms with Crippen molar-refractivity contribution < 1.29 is 0 Å². The minimum absolute atomic E-state index is 0.512. The van der Waals surface area contributed by atoms with Crippen LogP contribution in [0, 0.1) is 0 Å². The number of benzene rings is 2. The normalized spacial score (nSPS) is 10.7. The first-order chi connectivity index (χ1) is 9.78. The third-order valence-electron chi connectivity index (χ3n) is 3.02. The minimum Gasteiger partial charge on any atom is -0.326 e. The van der Waals surface area contributed by atoms with Crippen LogP contribution >= 0.6 is 27.3 Å². The monoisotopic (exact) mass is 344 g/mol. The van der Waals surface area contributed by atoms with Gasteiger partial charge in [-0.2, -0.15) is 0 Å². The van der Waals surface area contributed by atoms with E-state index in [1.165, 1.54) is 0 Å². The molecule has 3 aromatic rings. The smallest absolute Gasteiger partial charge is 0.124 e. The van der Waals surface area contributed by atoms with Crippen molar-refractivity contribution in [3.05, 3.63) is 63.9 Å². The van der Waals surface area contributed by atoms with Gasteiger partial charge < -0.3 is 5.73 Å². The van der Waals surface area contributed by atoms with E-state index < -0.39 is 0 Å². The molecule has 0 saturated heterocycles. The molecule has 0 unspecified atom stereocenters. The summed E-state index contributed by atoms with van der Waals surface area (Å²) in [6, 6.07) is 18.4. The molecule has 0 atom stereocenters. The zero-order valence-corrected chi connectivity index (χ0v) is 13.1. The summed E-state index contributed by atoms with van der Waals surface area (Å²) in [7, 11) is 0. The molecule has 2 nitrogen and oxygen atoms in total. The van der Waals surface area contributed by atoms with Gasteiger partial charge in [0.05, 0.1) is 5.69 Å². The fourth-order valence-electron chi connectivity index (χ4n) is 2.03. The Morgan fingerprint density at radius 2 is 1.65 bits per heavy atom. The molecule has 0 aliphatic rings. The van der Waals surface area contributed by atoms with E-state index in [0.29, 0.717) is 6.54 Å². The second-order valence-corrected chi connectivity index (χ2v) is 6.37. The quantitative estimate of drug-likeness (QED) is 0.747. The first-order valence-electron chi connectivity index (χ1n) is 6.29. The molecule has 0 bridgehead atoms. The fraction of sp³-hybridized carbons (Fsp3) is 0.0625. The molecule has 1 heterocycles. The van der Waals surface area contributed by atoms with Crippen molar-refractivity contribution in [2.45, 2.75) is 6.54 Å². The van der Waals surface area contributed by atoms with Crippen LogP contribution in [0.1, 0.15) is 4.88 Å². The van der Waals surface area contributed by atoms with E-state index in [4.69, 9.17) is 10.7 Å². The Labute approximate surface area is 130 Å². The van der Waals surface area contributed by atoms with Gasteiger partial charge in [-0.1, -0.05) is 58.4 Å². The summed E-state index contributed by atoms with van der Waals surface area (Å²) >= 11 is 5.11. The van der Waals surface area contributed by atoms with Crippen LogP contribution < -0.4 is 5.73 Å². The molecule has 2 N–H and O–H groups in total. The van der Waals surface area contributed by atoms with Crippen LogP contribution in [0.4, 0.5) is 0 Å². The van der Waals surface area contributed by atoms with E-state index >= 15 is 0 Å². The number of rotatable bonds is 3. The summed E-state index contributed by atoms with van der Waals surface area (Å²) in [6.45, 7) is 0.512. The third-order valence-corrected chi connectivity index (χ3v) is 4.68. The van der Waals surface area contributed by atoms with Crippen LogP contribution in [0.5, 0.6) is 0 Å². The zero-order chi connectivity index (χ0) is 13.9. The van der Waals surface area contributed by atoms with Gasteiger partial charge in [0.15, 0.2) is 0 Å². The number of hydrogen-bond acceptors (Lipinski definition) is 3. The summed E-state index contributed by atoms with van der Waals surface area (Å²) in [5.41, 5.74) is 9.10. The van der Waals surface area contributed by atoms with E-state index in [9.17, 15) is 0 Å². The van der Waals surface area contributed by atoms with E-state index in [-0.39, 0.29) is 0 Å². The number of aromatic nitrogens is 1. The second-order valence-electron chi connectivity index (χ2n) is 4.37. The van der Waals surface area contributed by atoms with E-state index in [2.05, 4.69) is 40.2 Å². The van der Waals surface area contributed by atoms with E-state index in [0.717, 1.165) is 31.2 Å². The molecule has 0 fully saturated rings. The largest absolute Gasteiger partial charge is 0.326 e. The van der Waals surface area contributed by atoms with Crippen LogP contribution in [0.3, 0.4) is 0 Å². The van der Waals surface area contributed by atoms with Crippen molar-refractivity contribution in [1.29, 1.82) is 0 Å². The third kappa shape index (κ3) is 2.68. The molecule has 2 aromatic carbocycles. The minimum atomic E-state index is 0.512. The molecule has 0 aliphatic carbocycles. The molecule has 3 rings (SSSR count). The Hall–Kier alpha value is -1.49. The van der Waals surface area contributed by atoms with Crippen LogP contribution in [-0.2, 0) is 6.54 Å². The Morgan fingerprint density at radius 1 is 0.950 bits per heavy atom. The number of halogens is 1. The lowest BCUT2D eigenvalue weighted by Crippen LogP contribution is -1.95. The van der Waals surface area contributed by atoms with Crippen LogP contribution in [0.25, 0.3) is 21.8 Å². The van der Waals surface area contributed by atoms with E-state index in [1.807, 2.05) is 30.3 Å². The zero-order valence-electron chi connectivity index (χ0n) is 10.7. The maximum absolute atomic E-state index is 5.87. The highest BCUT2D eigenvalue weighted by Crippen LogP contribution is 2.33. The number of hydrogen-bond donors (Lipinski definition) is 1. The van der Waals surface area contributed by atoms with Gasteiger partial charge in [0.1, 0.15) is 5.01 Å². The standard InChI is InChI=1S/C16H13BrN2S/c17-13-8-6-12(7-9-13)16-19-15(14(10-18)20-16)11-4-2-1-3-5-11/h1-9H,10,18H2. The average Bonchev–Trinajstić information content (AvgIpc) is 2.93. The van der Waals surface area contributed by atoms with E-state index in [1.54, 1.807) is 11.3 Å². The Kier molecular flexibility index (Phi) is 3.96. The SMILES string of the molecule is NCc1sc(-c2ccc(Br)cc2)nc1-c1ccccc1. The molecule has 0 spiro atoms. The first-order valence-corrected chi connectivity index (χ1v) is 7.90. The maximum atomic E-state index is 5.87. The predicted molar refractivity (Wildman–Crippen MR) is 88.6 cm³/mol. The molecule has 100 valence electrons. The van der Waals surface area contributed by atoms with Crippen molar-refractivity contribution in [1.82, 2.24) is 4.98 Å². The van der Waals surface area contributed by atoms with Gasteiger partial charge >= 0.3 is 0 Å². The van der Waals surface area contributed by atoms with Gasteiger partial charge in [-0.15, -0.1) is 11.3 Å². The van der Waals surface area contributed by atoms with Crippen molar-refractivity contribution in [2.24, 2.45) is 5.73 Å². The Balaban J connectivity index is 2.07. The van der Waals surface area contributed by atoms with Crippen LogP contribution in [-0.4, -0.2) is 4.98 Å². The molecule has 0 radical (unpaired) electrons. The number of nitrogens with zero attached hydrogens (tertiary/aromatic N) is 1.